The number of nitrogens with one attached hydrogen (secondary N) is 1. The van der Waals surface area contributed by atoms with Gasteiger partial charge in [-0.25, -0.2) is 4.79 Å². The van der Waals surface area contributed by atoms with Crippen molar-refractivity contribution in [3.05, 3.63) is 89.0 Å². The lowest BCUT2D eigenvalue weighted by atomic mass is 10.1. The van der Waals surface area contributed by atoms with Gasteiger partial charge in [-0.1, -0.05) is 42.5 Å². The van der Waals surface area contributed by atoms with E-state index in [0.717, 1.165) is 49.5 Å². The monoisotopic (exact) mass is 487 g/mol. The lowest BCUT2D eigenvalue weighted by Gasteiger charge is -2.37. The fourth-order valence-electron chi connectivity index (χ4n) is 4.36. The van der Waals surface area contributed by atoms with Crippen molar-refractivity contribution in [2.75, 3.05) is 50.1 Å². The molecule has 1 aliphatic rings. The van der Waals surface area contributed by atoms with E-state index in [0.29, 0.717) is 17.0 Å². The van der Waals surface area contributed by atoms with Crippen LogP contribution in [0.25, 0.3) is 0 Å². The van der Waals surface area contributed by atoms with Crippen LogP contribution in [0.5, 0.6) is 5.75 Å². The topological polar surface area (TPSA) is 71.1 Å². The minimum Gasteiger partial charge on any atom is -0.483 e. The van der Waals surface area contributed by atoms with E-state index in [9.17, 15) is 9.59 Å². The lowest BCUT2D eigenvalue weighted by Crippen LogP contribution is -2.46. The van der Waals surface area contributed by atoms with E-state index in [-0.39, 0.29) is 12.5 Å². The first-order valence-electron chi connectivity index (χ1n) is 12.2. The zero-order valence-corrected chi connectivity index (χ0v) is 21.1. The van der Waals surface area contributed by atoms with Crippen molar-refractivity contribution in [2.45, 2.75) is 20.4 Å². The molecule has 0 saturated carbocycles. The van der Waals surface area contributed by atoms with E-state index < -0.39 is 5.97 Å². The molecule has 0 spiro atoms. The van der Waals surface area contributed by atoms with Gasteiger partial charge >= 0.3 is 5.97 Å². The number of piperazine rings is 1. The van der Waals surface area contributed by atoms with E-state index in [2.05, 4.69) is 39.4 Å². The molecule has 0 unspecified atom stereocenters. The highest BCUT2D eigenvalue weighted by molar-refractivity contribution is 5.98. The number of carbonyl (C=O) groups excluding carboxylic acids is 2. The van der Waals surface area contributed by atoms with Crippen LogP contribution >= 0.6 is 0 Å². The number of esters is 1. The molecule has 3 aromatic rings. The first kappa shape index (κ1) is 25.3. The minimum absolute atomic E-state index is 0.128. The quantitative estimate of drug-likeness (QED) is 0.474. The Morgan fingerprint density at radius 1 is 0.917 bits per heavy atom. The van der Waals surface area contributed by atoms with Crippen molar-refractivity contribution >= 4 is 23.3 Å². The molecule has 1 fully saturated rings. The predicted molar refractivity (Wildman–Crippen MR) is 142 cm³/mol. The van der Waals surface area contributed by atoms with Gasteiger partial charge in [-0.2, -0.15) is 0 Å². The Morgan fingerprint density at radius 2 is 1.67 bits per heavy atom. The maximum absolute atomic E-state index is 12.8. The molecular formula is C29H33N3O4. The third-order valence-electron chi connectivity index (χ3n) is 6.57. The summed E-state index contributed by atoms with van der Waals surface area (Å²) in [5.41, 5.74) is 5.24. The highest BCUT2D eigenvalue weighted by Gasteiger charge is 2.22. The van der Waals surface area contributed by atoms with Crippen LogP contribution in [-0.4, -0.2) is 56.7 Å². The van der Waals surface area contributed by atoms with Crippen LogP contribution in [0.15, 0.2) is 66.7 Å². The van der Waals surface area contributed by atoms with E-state index in [4.69, 9.17) is 9.47 Å². The zero-order valence-electron chi connectivity index (χ0n) is 21.1. The molecule has 0 aromatic heterocycles. The maximum atomic E-state index is 12.8. The smallest absolute Gasteiger partial charge is 0.337 e. The molecule has 1 heterocycles. The Balaban J connectivity index is 1.45. The molecule has 188 valence electrons. The van der Waals surface area contributed by atoms with Crippen LogP contribution in [0.2, 0.25) is 0 Å². The summed E-state index contributed by atoms with van der Waals surface area (Å²) in [5.74, 6) is -0.0542. The lowest BCUT2D eigenvalue weighted by molar-refractivity contribution is -0.118. The van der Waals surface area contributed by atoms with Crippen LogP contribution in [0, 0.1) is 13.8 Å². The van der Waals surface area contributed by atoms with E-state index in [1.807, 2.05) is 44.2 Å². The number of aryl methyl sites for hydroxylation is 1. The molecule has 1 saturated heterocycles. The van der Waals surface area contributed by atoms with Crippen molar-refractivity contribution in [1.82, 2.24) is 4.90 Å². The number of rotatable bonds is 8. The van der Waals surface area contributed by atoms with Gasteiger partial charge in [0.25, 0.3) is 5.91 Å². The number of hydrogen-bond acceptors (Lipinski definition) is 6. The number of carbonyl (C=O) groups is 2. The Morgan fingerprint density at radius 3 is 2.39 bits per heavy atom. The van der Waals surface area contributed by atoms with Crippen molar-refractivity contribution in [3.8, 4) is 5.75 Å². The molecule has 36 heavy (non-hydrogen) atoms. The van der Waals surface area contributed by atoms with Crippen LogP contribution < -0.4 is 15.0 Å². The number of hydrogen-bond donors (Lipinski definition) is 1. The van der Waals surface area contributed by atoms with E-state index in [1.54, 1.807) is 12.1 Å². The summed E-state index contributed by atoms with van der Waals surface area (Å²) >= 11 is 0. The number of benzene rings is 3. The van der Waals surface area contributed by atoms with Gasteiger partial charge in [-0.3, -0.25) is 9.69 Å². The van der Waals surface area contributed by atoms with Gasteiger partial charge in [-0.15, -0.1) is 0 Å². The number of ether oxygens (including phenoxy) is 2. The van der Waals surface area contributed by atoms with Gasteiger partial charge in [0.1, 0.15) is 5.75 Å². The normalized spacial score (nSPS) is 13.8. The van der Waals surface area contributed by atoms with Gasteiger partial charge in [0.15, 0.2) is 6.61 Å². The minimum atomic E-state index is -0.448. The summed E-state index contributed by atoms with van der Waals surface area (Å²) in [6.45, 7) is 8.18. The van der Waals surface area contributed by atoms with Crippen LogP contribution in [0.3, 0.4) is 0 Å². The number of nitrogens with zero attached hydrogens (tertiary/aromatic N) is 2. The van der Waals surface area contributed by atoms with Gasteiger partial charge < -0.3 is 19.7 Å². The molecule has 7 heteroatoms. The number of anilines is 2. The Kier molecular flexibility index (Phi) is 8.23. The van der Waals surface area contributed by atoms with E-state index >= 15 is 0 Å². The van der Waals surface area contributed by atoms with Gasteiger partial charge in [-0.05, 0) is 54.8 Å². The fraction of sp³-hybridized carbons (Fsp3) is 0.310. The largest absolute Gasteiger partial charge is 0.483 e. The predicted octanol–water partition coefficient (Wildman–Crippen LogP) is 4.43. The van der Waals surface area contributed by atoms with Gasteiger partial charge in [0.2, 0.25) is 0 Å². The molecule has 0 aliphatic carbocycles. The summed E-state index contributed by atoms with van der Waals surface area (Å²) < 4.78 is 10.7. The molecule has 1 N–H and O–H groups in total. The summed E-state index contributed by atoms with van der Waals surface area (Å²) in [6.07, 6.45) is 0. The van der Waals surface area contributed by atoms with Crippen LogP contribution in [-0.2, 0) is 16.1 Å². The number of amides is 1. The molecule has 3 aromatic carbocycles. The molecular weight excluding hydrogens is 454 g/mol. The average molecular weight is 488 g/mol. The maximum Gasteiger partial charge on any atom is 0.337 e. The molecule has 7 nitrogen and oxygen atoms in total. The van der Waals surface area contributed by atoms with Gasteiger partial charge in [0, 0.05) is 32.7 Å². The van der Waals surface area contributed by atoms with Crippen molar-refractivity contribution in [1.29, 1.82) is 0 Å². The summed E-state index contributed by atoms with van der Waals surface area (Å²) in [5, 5.41) is 2.96. The first-order valence-corrected chi connectivity index (χ1v) is 12.2. The zero-order chi connectivity index (χ0) is 25.5. The van der Waals surface area contributed by atoms with Crippen LogP contribution in [0.1, 0.15) is 27.0 Å². The third kappa shape index (κ3) is 6.23. The highest BCUT2D eigenvalue weighted by atomic mass is 16.5. The molecule has 0 radical (unpaired) electrons. The molecule has 1 aliphatic heterocycles. The SMILES string of the molecule is COC(=O)c1ccc(N2CCN(Cc3ccccc3)CC2)c(NC(=O)COc2cccc(C)c2C)c1. The Hall–Kier alpha value is -3.84. The van der Waals surface area contributed by atoms with Crippen LogP contribution in [0.4, 0.5) is 11.4 Å². The second-order valence-corrected chi connectivity index (χ2v) is 9.01. The molecule has 0 bridgehead atoms. The molecule has 4 rings (SSSR count). The Bertz CT molecular complexity index is 1200. The second-order valence-electron chi connectivity index (χ2n) is 9.01. The van der Waals surface area contributed by atoms with Crippen molar-refractivity contribution < 1.29 is 19.1 Å². The van der Waals surface area contributed by atoms with Crippen molar-refractivity contribution in [3.63, 3.8) is 0 Å². The standard InChI is InChI=1S/C29H33N3O4/c1-21-8-7-11-27(22(21)2)36-20-28(33)30-25-18-24(29(34)35-3)12-13-26(25)32-16-14-31(15-17-32)19-23-9-5-4-6-10-23/h4-13,18H,14-17,19-20H2,1-3H3,(H,30,33). The van der Waals surface area contributed by atoms with E-state index in [1.165, 1.54) is 12.7 Å². The second kappa shape index (κ2) is 11.7. The molecule has 1 amide bonds. The van der Waals surface area contributed by atoms with Crippen molar-refractivity contribution in [2.24, 2.45) is 0 Å². The third-order valence-corrected chi connectivity index (χ3v) is 6.57. The van der Waals surface area contributed by atoms with Gasteiger partial charge in [0.05, 0.1) is 24.0 Å². The number of methoxy groups -OCH3 is 1. The molecule has 0 atom stereocenters. The summed E-state index contributed by atoms with van der Waals surface area (Å²) in [4.78, 5) is 29.7. The Labute approximate surface area is 212 Å². The average Bonchev–Trinajstić information content (AvgIpc) is 2.90. The summed E-state index contributed by atoms with van der Waals surface area (Å²) in [6, 6.07) is 21.5. The highest BCUT2D eigenvalue weighted by Crippen LogP contribution is 2.29. The fourth-order valence-corrected chi connectivity index (χ4v) is 4.36. The summed E-state index contributed by atoms with van der Waals surface area (Å²) in [7, 11) is 1.35. The first-order chi connectivity index (χ1) is 17.4.